The van der Waals surface area contributed by atoms with Gasteiger partial charge in [0.05, 0.1) is 37.1 Å². The number of aliphatic hydroxyl groups excluding tert-OH is 1. The highest BCUT2D eigenvalue weighted by molar-refractivity contribution is 5.71. The van der Waals surface area contributed by atoms with Crippen LogP contribution in [0.2, 0.25) is 0 Å². The van der Waals surface area contributed by atoms with Crippen LogP contribution < -0.4 is 0 Å². The van der Waals surface area contributed by atoms with Gasteiger partial charge in [0.25, 0.3) is 0 Å². The summed E-state index contributed by atoms with van der Waals surface area (Å²) in [5.41, 5.74) is 3.83. The third-order valence-corrected chi connectivity index (χ3v) is 6.34. The summed E-state index contributed by atoms with van der Waals surface area (Å²) in [5.74, 6) is -1.41. The molecule has 1 amide bonds. The van der Waals surface area contributed by atoms with Gasteiger partial charge in [-0.2, -0.15) is 10.4 Å². The first-order valence-corrected chi connectivity index (χ1v) is 10.5. The lowest BCUT2D eigenvalue weighted by Gasteiger charge is -2.28. The van der Waals surface area contributed by atoms with Gasteiger partial charge in [0.1, 0.15) is 17.7 Å². The highest BCUT2D eigenvalue weighted by Gasteiger charge is 2.39. The predicted molar refractivity (Wildman–Crippen MR) is 113 cm³/mol. The molecule has 7 nitrogen and oxygen atoms in total. The Kier molecular flexibility index (Phi) is 5.10. The number of halogens is 2. The van der Waals surface area contributed by atoms with Gasteiger partial charge in [-0.05, 0) is 29.3 Å². The van der Waals surface area contributed by atoms with E-state index in [4.69, 9.17) is 9.84 Å². The summed E-state index contributed by atoms with van der Waals surface area (Å²) in [6.45, 7) is 0.595. The Morgan fingerprint density at radius 3 is 2.85 bits per heavy atom. The highest BCUT2D eigenvalue weighted by atomic mass is 19.1. The van der Waals surface area contributed by atoms with Crippen LogP contribution >= 0.6 is 0 Å². The molecule has 9 heteroatoms. The van der Waals surface area contributed by atoms with E-state index in [1.54, 1.807) is 27.8 Å². The molecule has 5 rings (SSSR count). The van der Waals surface area contributed by atoms with Gasteiger partial charge in [0.15, 0.2) is 0 Å². The van der Waals surface area contributed by atoms with Gasteiger partial charge in [-0.25, -0.2) is 13.6 Å². The first-order valence-electron chi connectivity index (χ1n) is 10.5. The van der Waals surface area contributed by atoms with Crippen molar-refractivity contribution in [2.45, 2.75) is 31.5 Å². The fraction of sp³-hybridized carbons (Fsp3) is 0.292. The molecule has 0 bridgehead atoms. The van der Waals surface area contributed by atoms with Crippen molar-refractivity contribution in [1.82, 2.24) is 14.7 Å². The second-order valence-corrected chi connectivity index (χ2v) is 8.22. The third-order valence-electron chi connectivity index (χ3n) is 6.34. The first-order chi connectivity index (χ1) is 15.9. The molecule has 1 N–H and O–H groups in total. The van der Waals surface area contributed by atoms with Gasteiger partial charge in [0.2, 0.25) is 0 Å². The number of amides is 1. The minimum absolute atomic E-state index is 0.0499. The summed E-state index contributed by atoms with van der Waals surface area (Å²) < 4.78 is 35.0. The van der Waals surface area contributed by atoms with E-state index in [9.17, 15) is 23.9 Å². The number of aromatic nitrogens is 2. The monoisotopic (exact) mass is 450 g/mol. The Morgan fingerprint density at radius 1 is 1.27 bits per heavy atom. The van der Waals surface area contributed by atoms with Crippen LogP contribution in [0.25, 0.3) is 11.3 Å². The number of hydrogen-bond acceptors (Lipinski definition) is 5. The van der Waals surface area contributed by atoms with Crippen molar-refractivity contribution in [3.63, 3.8) is 0 Å². The molecule has 1 aliphatic heterocycles. The molecule has 168 valence electrons. The maximum atomic E-state index is 14.4. The molecular weight excluding hydrogens is 430 g/mol. The normalized spacial score (nSPS) is 19.1. The van der Waals surface area contributed by atoms with Gasteiger partial charge in [-0.3, -0.25) is 4.68 Å². The van der Waals surface area contributed by atoms with Crippen molar-refractivity contribution in [2.75, 3.05) is 13.7 Å². The maximum absolute atomic E-state index is 14.4. The molecule has 33 heavy (non-hydrogen) atoms. The lowest BCUT2D eigenvalue weighted by Crippen LogP contribution is -2.37. The van der Waals surface area contributed by atoms with E-state index < -0.39 is 29.9 Å². The van der Waals surface area contributed by atoms with Gasteiger partial charge in [-0.15, -0.1) is 0 Å². The summed E-state index contributed by atoms with van der Waals surface area (Å²) in [4.78, 5) is 13.7. The Hall–Kier alpha value is -3.77. The van der Waals surface area contributed by atoms with Crippen molar-refractivity contribution in [1.29, 1.82) is 5.26 Å². The van der Waals surface area contributed by atoms with E-state index >= 15 is 0 Å². The summed E-state index contributed by atoms with van der Waals surface area (Å²) in [6, 6.07) is 10.3. The number of hydrogen-bond donors (Lipinski definition) is 1. The lowest BCUT2D eigenvalue weighted by atomic mass is 9.99. The summed E-state index contributed by atoms with van der Waals surface area (Å²) in [6.07, 6.45) is -0.988. The van der Waals surface area contributed by atoms with E-state index in [0.717, 1.165) is 17.3 Å². The molecule has 2 aromatic carbocycles. The number of methoxy groups -OCH3 is 1. The summed E-state index contributed by atoms with van der Waals surface area (Å²) in [5, 5.41) is 24.9. The molecule has 2 heterocycles. The zero-order valence-corrected chi connectivity index (χ0v) is 17.8. The summed E-state index contributed by atoms with van der Waals surface area (Å²) >= 11 is 0. The SMILES string of the molecule is COC(=O)N1CCc2c(c(-c3cccc(C#N)c3)nn2[C@@H]2c3cc(F)cc(F)c3C[C@@H]2O)C1. The minimum Gasteiger partial charge on any atom is -0.453 e. The molecule has 2 atom stereocenters. The third kappa shape index (κ3) is 3.43. The number of carbonyl (C=O) groups is 1. The number of nitriles is 1. The Bertz CT molecular complexity index is 1310. The number of rotatable bonds is 2. The van der Waals surface area contributed by atoms with Gasteiger partial charge in [-0.1, -0.05) is 12.1 Å². The maximum Gasteiger partial charge on any atom is 0.409 e. The molecule has 0 saturated carbocycles. The molecular formula is C24H20F2N4O3. The molecule has 1 aromatic heterocycles. The Balaban J connectivity index is 1.69. The molecule has 0 fully saturated rings. The average molecular weight is 450 g/mol. The van der Waals surface area contributed by atoms with Gasteiger partial charge in [0, 0.05) is 42.3 Å². The number of aliphatic hydroxyl groups is 1. The topological polar surface area (TPSA) is 91.4 Å². The van der Waals surface area contributed by atoms with E-state index in [-0.39, 0.29) is 18.5 Å². The molecule has 2 aliphatic rings. The van der Waals surface area contributed by atoms with Crippen LogP contribution in [0.5, 0.6) is 0 Å². The van der Waals surface area contributed by atoms with Crippen LogP contribution in [0.3, 0.4) is 0 Å². The fourth-order valence-electron chi connectivity index (χ4n) is 4.85. The van der Waals surface area contributed by atoms with Crippen LogP contribution in [-0.4, -0.2) is 45.6 Å². The quantitative estimate of drug-likeness (QED) is 0.647. The van der Waals surface area contributed by atoms with Crippen LogP contribution in [-0.2, 0) is 24.1 Å². The smallest absolute Gasteiger partial charge is 0.409 e. The first kappa shape index (κ1) is 21.1. The minimum atomic E-state index is -0.989. The molecule has 0 radical (unpaired) electrons. The van der Waals surface area contributed by atoms with Crippen LogP contribution in [0.15, 0.2) is 36.4 Å². The Morgan fingerprint density at radius 2 is 2.09 bits per heavy atom. The van der Waals surface area contributed by atoms with Crippen LogP contribution in [0.1, 0.15) is 34.0 Å². The number of ether oxygens (including phenoxy) is 1. The van der Waals surface area contributed by atoms with Crippen LogP contribution in [0.4, 0.5) is 13.6 Å². The Labute approximate surface area is 188 Å². The fourth-order valence-corrected chi connectivity index (χ4v) is 4.85. The van der Waals surface area contributed by atoms with Crippen molar-refractivity contribution in [2.24, 2.45) is 0 Å². The number of nitrogens with zero attached hydrogens (tertiary/aromatic N) is 4. The average Bonchev–Trinajstić information content (AvgIpc) is 3.35. The predicted octanol–water partition coefficient (Wildman–Crippen LogP) is 3.33. The highest BCUT2D eigenvalue weighted by Crippen LogP contribution is 2.40. The van der Waals surface area contributed by atoms with Crippen molar-refractivity contribution < 1.29 is 23.4 Å². The molecule has 0 spiro atoms. The van der Waals surface area contributed by atoms with Gasteiger partial charge < -0.3 is 14.7 Å². The molecule has 0 saturated heterocycles. The van der Waals surface area contributed by atoms with Crippen molar-refractivity contribution in [3.8, 4) is 17.3 Å². The van der Waals surface area contributed by atoms with E-state index in [1.165, 1.54) is 13.2 Å². The number of benzene rings is 2. The zero-order chi connectivity index (χ0) is 23.3. The number of carbonyl (C=O) groups excluding carboxylic acids is 1. The van der Waals surface area contributed by atoms with Crippen molar-refractivity contribution in [3.05, 3.63) is 76.0 Å². The summed E-state index contributed by atoms with van der Waals surface area (Å²) in [7, 11) is 1.31. The lowest BCUT2D eigenvalue weighted by molar-refractivity contribution is 0.116. The van der Waals surface area contributed by atoms with E-state index in [2.05, 4.69) is 6.07 Å². The second-order valence-electron chi connectivity index (χ2n) is 8.22. The molecule has 0 unspecified atom stereocenters. The number of fused-ring (bicyclic) bond motifs is 2. The molecule has 3 aromatic rings. The largest absolute Gasteiger partial charge is 0.453 e. The van der Waals surface area contributed by atoms with Gasteiger partial charge >= 0.3 is 6.09 Å². The van der Waals surface area contributed by atoms with E-state index in [1.807, 2.05) is 6.07 Å². The van der Waals surface area contributed by atoms with Crippen LogP contribution in [0, 0.1) is 23.0 Å². The molecule has 1 aliphatic carbocycles. The van der Waals surface area contributed by atoms with Crippen molar-refractivity contribution >= 4 is 6.09 Å². The standard InChI is InChI=1S/C24H20F2N4O3/c1-33-24(32)29-6-5-20-18(12-29)22(14-4-2-3-13(7-14)11-27)28-30(20)23-17-8-15(25)9-19(26)16(17)10-21(23)31/h2-4,7-9,21,23,31H,5-6,10,12H2,1H3/t21-,23+/m0/s1. The zero-order valence-electron chi connectivity index (χ0n) is 17.8. The van der Waals surface area contributed by atoms with E-state index in [0.29, 0.717) is 35.3 Å². The second kappa shape index (κ2) is 7.98.